The van der Waals surface area contributed by atoms with E-state index < -0.39 is 5.79 Å². The molecular weight excluding hydrogens is 367 g/mol. The lowest BCUT2D eigenvalue weighted by Gasteiger charge is -2.34. The fourth-order valence-corrected chi connectivity index (χ4v) is 3.26. The van der Waals surface area contributed by atoms with Crippen LogP contribution in [0.5, 0.6) is 0 Å². The van der Waals surface area contributed by atoms with Gasteiger partial charge in [0, 0.05) is 23.6 Å². The normalized spacial score (nSPS) is 19.2. The predicted octanol–water partition coefficient (Wildman–Crippen LogP) is 4.45. The molecular formula is C20H21FN2O3S. The Morgan fingerprint density at radius 3 is 3.00 bits per heavy atom. The van der Waals surface area contributed by atoms with Crippen molar-refractivity contribution < 1.29 is 18.7 Å². The Morgan fingerprint density at radius 1 is 1.44 bits per heavy atom. The molecule has 27 heavy (non-hydrogen) atoms. The molecule has 0 spiro atoms. The minimum Gasteiger partial charge on any atom is -0.343 e. The second-order valence-corrected chi connectivity index (χ2v) is 7.29. The van der Waals surface area contributed by atoms with Crippen LogP contribution in [0, 0.1) is 5.82 Å². The third-order valence-electron chi connectivity index (χ3n) is 3.80. The molecule has 0 fully saturated rings. The number of rotatable bonds is 7. The quantitative estimate of drug-likeness (QED) is 0.712. The van der Waals surface area contributed by atoms with Crippen molar-refractivity contribution in [1.82, 2.24) is 4.98 Å². The van der Waals surface area contributed by atoms with E-state index in [1.165, 1.54) is 23.5 Å². The van der Waals surface area contributed by atoms with Crippen LogP contribution in [0.3, 0.4) is 0 Å². The number of anilines is 1. The maximum absolute atomic E-state index is 13.4. The Labute approximate surface area is 161 Å². The first kappa shape index (κ1) is 19.4. The molecule has 1 aliphatic rings. The summed E-state index contributed by atoms with van der Waals surface area (Å²) in [6, 6.07) is 6.22. The molecule has 3 rings (SSSR count). The molecule has 1 heterocycles. The average molecular weight is 388 g/mol. The van der Waals surface area contributed by atoms with Gasteiger partial charge in [0.25, 0.3) is 5.91 Å². The number of thiazole rings is 1. The van der Waals surface area contributed by atoms with Crippen LogP contribution >= 0.6 is 11.3 Å². The van der Waals surface area contributed by atoms with Crippen LogP contribution in [-0.2, 0) is 20.9 Å². The molecule has 7 heteroatoms. The number of benzene rings is 1. The molecule has 1 aliphatic carbocycles. The van der Waals surface area contributed by atoms with Crippen molar-refractivity contribution in [2.45, 2.75) is 38.8 Å². The van der Waals surface area contributed by atoms with Crippen LogP contribution in [0.25, 0.3) is 0 Å². The lowest BCUT2D eigenvalue weighted by atomic mass is 10.0. The van der Waals surface area contributed by atoms with Gasteiger partial charge >= 0.3 is 0 Å². The summed E-state index contributed by atoms with van der Waals surface area (Å²) in [5, 5.41) is 5.06. The number of aromatic nitrogens is 1. The van der Waals surface area contributed by atoms with E-state index in [0.717, 1.165) is 0 Å². The summed E-state index contributed by atoms with van der Waals surface area (Å²) in [5.41, 5.74) is 1.12. The number of hydrogen-bond acceptors (Lipinski definition) is 5. The number of amides is 1. The fraction of sp³-hybridized carbons (Fsp3) is 0.300. The molecule has 0 aliphatic heterocycles. The molecule has 0 saturated carbocycles. The van der Waals surface area contributed by atoms with Gasteiger partial charge in [0.2, 0.25) is 0 Å². The molecule has 1 amide bonds. The SMILES string of the molecule is CC(C)OC1(OCc2cccc(F)c2)C=C(C(=O)Nc2nccs2)C=CC1. The van der Waals surface area contributed by atoms with Crippen molar-refractivity contribution in [2.24, 2.45) is 0 Å². The number of nitrogens with one attached hydrogen (secondary N) is 1. The number of carbonyl (C=O) groups excluding carboxylic acids is 1. The molecule has 0 bridgehead atoms. The molecule has 1 atom stereocenters. The van der Waals surface area contributed by atoms with Crippen molar-refractivity contribution in [3.05, 3.63) is 71.0 Å². The molecule has 0 radical (unpaired) electrons. The number of nitrogens with zero attached hydrogens (tertiary/aromatic N) is 1. The third kappa shape index (κ3) is 5.32. The Kier molecular flexibility index (Phi) is 6.15. The van der Waals surface area contributed by atoms with Crippen molar-refractivity contribution in [1.29, 1.82) is 0 Å². The first-order valence-electron chi connectivity index (χ1n) is 8.62. The number of hydrogen-bond donors (Lipinski definition) is 1. The maximum atomic E-state index is 13.4. The summed E-state index contributed by atoms with van der Waals surface area (Å²) in [5.74, 6) is -1.70. The zero-order valence-electron chi connectivity index (χ0n) is 15.1. The van der Waals surface area contributed by atoms with Gasteiger partial charge < -0.3 is 9.47 Å². The molecule has 1 N–H and O–H groups in total. The van der Waals surface area contributed by atoms with E-state index in [1.54, 1.807) is 35.9 Å². The van der Waals surface area contributed by atoms with E-state index in [-0.39, 0.29) is 24.4 Å². The van der Waals surface area contributed by atoms with E-state index in [4.69, 9.17) is 9.47 Å². The Hall–Kier alpha value is -2.35. The van der Waals surface area contributed by atoms with Gasteiger partial charge in [-0.25, -0.2) is 9.37 Å². The van der Waals surface area contributed by atoms with Crippen molar-refractivity contribution >= 4 is 22.4 Å². The highest BCUT2D eigenvalue weighted by Gasteiger charge is 2.33. The summed E-state index contributed by atoms with van der Waals surface area (Å²) >= 11 is 1.34. The standard InChI is InChI=1S/C20H21FN2O3S/c1-14(2)26-20(25-13-15-5-3-7-17(21)11-15)8-4-6-16(12-20)18(24)23-19-22-9-10-27-19/h3-7,9-12,14H,8,13H2,1-2H3,(H,22,23,24). The van der Waals surface area contributed by atoms with Gasteiger partial charge in [-0.05, 0) is 37.6 Å². The summed E-state index contributed by atoms with van der Waals surface area (Å²) in [7, 11) is 0. The van der Waals surface area contributed by atoms with Crippen LogP contribution in [0.15, 0.2) is 59.6 Å². The predicted molar refractivity (Wildman–Crippen MR) is 103 cm³/mol. The topological polar surface area (TPSA) is 60.5 Å². The Bertz CT molecular complexity index is 849. The van der Waals surface area contributed by atoms with Gasteiger partial charge in [-0.15, -0.1) is 11.3 Å². The van der Waals surface area contributed by atoms with E-state index in [1.807, 2.05) is 19.9 Å². The smallest absolute Gasteiger partial charge is 0.257 e. The highest BCUT2D eigenvalue weighted by atomic mass is 32.1. The maximum Gasteiger partial charge on any atom is 0.257 e. The minimum atomic E-state index is -1.09. The molecule has 5 nitrogen and oxygen atoms in total. The second-order valence-electron chi connectivity index (χ2n) is 6.39. The van der Waals surface area contributed by atoms with Crippen molar-refractivity contribution in [3.63, 3.8) is 0 Å². The molecule has 1 aromatic heterocycles. The summed E-state index contributed by atoms with van der Waals surface area (Å²) in [4.78, 5) is 16.6. The van der Waals surface area contributed by atoms with E-state index in [2.05, 4.69) is 10.3 Å². The molecule has 0 saturated heterocycles. The Morgan fingerprint density at radius 2 is 2.30 bits per heavy atom. The zero-order valence-corrected chi connectivity index (χ0v) is 16.0. The molecule has 142 valence electrons. The lowest BCUT2D eigenvalue weighted by Crippen LogP contribution is -2.38. The summed E-state index contributed by atoms with van der Waals surface area (Å²) in [6.45, 7) is 3.96. The van der Waals surface area contributed by atoms with Gasteiger partial charge in [-0.2, -0.15) is 0 Å². The highest BCUT2D eigenvalue weighted by molar-refractivity contribution is 7.13. The van der Waals surface area contributed by atoms with Crippen LogP contribution in [-0.4, -0.2) is 22.8 Å². The minimum absolute atomic E-state index is 0.122. The lowest BCUT2D eigenvalue weighted by molar-refractivity contribution is -0.227. The summed E-state index contributed by atoms with van der Waals surface area (Å²) < 4.78 is 25.5. The van der Waals surface area contributed by atoms with Crippen molar-refractivity contribution in [2.75, 3.05) is 5.32 Å². The van der Waals surface area contributed by atoms with Gasteiger partial charge in [0.05, 0.1) is 12.7 Å². The first-order valence-corrected chi connectivity index (χ1v) is 9.50. The molecule has 1 aromatic carbocycles. The van der Waals surface area contributed by atoms with Gasteiger partial charge in [0.15, 0.2) is 10.9 Å². The van der Waals surface area contributed by atoms with E-state index in [9.17, 15) is 9.18 Å². The van der Waals surface area contributed by atoms with Crippen LogP contribution in [0.1, 0.15) is 25.8 Å². The average Bonchev–Trinajstić information content (AvgIpc) is 3.13. The van der Waals surface area contributed by atoms with Gasteiger partial charge in [0.1, 0.15) is 5.82 Å². The molecule has 1 unspecified atom stereocenters. The highest BCUT2D eigenvalue weighted by Crippen LogP contribution is 2.30. The van der Waals surface area contributed by atoms with Crippen LogP contribution in [0.4, 0.5) is 9.52 Å². The van der Waals surface area contributed by atoms with E-state index in [0.29, 0.717) is 22.7 Å². The largest absolute Gasteiger partial charge is 0.343 e. The monoisotopic (exact) mass is 388 g/mol. The number of ether oxygens (including phenoxy) is 2. The van der Waals surface area contributed by atoms with Crippen LogP contribution < -0.4 is 5.32 Å². The fourth-order valence-electron chi connectivity index (χ4n) is 2.74. The van der Waals surface area contributed by atoms with Crippen molar-refractivity contribution in [3.8, 4) is 0 Å². The van der Waals surface area contributed by atoms with Crippen LogP contribution in [0.2, 0.25) is 0 Å². The first-order chi connectivity index (χ1) is 13.0. The second kappa shape index (κ2) is 8.56. The number of carbonyl (C=O) groups is 1. The van der Waals surface area contributed by atoms with Gasteiger partial charge in [-0.3, -0.25) is 10.1 Å². The third-order valence-corrected chi connectivity index (χ3v) is 4.49. The molecule has 2 aromatic rings. The van der Waals surface area contributed by atoms with E-state index >= 15 is 0 Å². The summed E-state index contributed by atoms with van der Waals surface area (Å²) in [6.07, 6.45) is 7.20. The Balaban J connectivity index is 1.78. The number of halogens is 1. The zero-order chi connectivity index (χ0) is 19.3. The van der Waals surface area contributed by atoms with Gasteiger partial charge in [-0.1, -0.05) is 24.3 Å².